The molecule has 2 aliphatic carbocycles. The SMILES string of the molecule is C1CC2CCC1C2.[CH]. The van der Waals surface area contributed by atoms with Gasteiger partial charge in [-0.25, -0.2) is 0 Å². The van der Waals surface area contributed by atoms with Crippen LogP contribution in [0.1, 0.15) is 32.1 Å². The van der Waals surface area contributed by atoms with Crippen LogP contribution in [0.3, 0.4) is 0 Å². The lowest BCUT2D eigenvalue weighted by Crippen LogP contribution is -1.90. The molecule has 3 radical (unpaired) electrons. The van der Waals surface area contributed by atoms with Crippen LogP contribution in [0.2, 0.25) is 0 Å². The summed E-state index contributed by atoms with van der Waals surface area (Å²) in [6.45, 7) is 0. The van der Waals surface area contributed by atoms with Crippen molar-refractivity contribution in [3.05, 3.63) is 7.43 Å². The Balaban J connectivity index is 0.000000320. The van der Waals surface area contributed by atoms with Crippen molar-refractivity contribution in [1.29, 1.82) is 0 Å². The topological polar surface area (TPSA) is 0 Å². The van der Waals surface area contributed by atoms with Crippen LogP contribution in [0.25, 0.3) is 0 Å². The van der Waals surface area contributed by atoms with Crippen LogP contribution in [0.5, 0.6) is 0 Å². The Hall–Kier alpha value is 0. The van der Waals surface area contributed by atoms with Gasteiger partial charge in [-0.15, -0.1) is 0 Å². The number of rotatable bonds is 0. The molecule has 0 heteroatoms. The highest BCUT2D eigenvalue weighted by atomic mass is 14.4. The summed E-state index contributed by atoms with van der Waals surface area (Å²) < 4.78 is 0. The van der Waals surface area contributed by atoms with Gasteiger partial charge in [-0.3, -0.25) is 0 Å². The molecule has 0 nitrogen and oxygen atoms in total. The third-order valence-electron chi connectivity index (χ3n) is 2.63. The summed E-state index contributed by atoms with van der Waals surface area (Å²) in [5.41, 5.74) is 0. The second-order valence-electron chi connectivity index (χ2n) is 3.12. The minimum absolute atomic E-state index is 0. The van der Waals surface area contributed by atoms with Crippen LogP contribution >= 0.6 is 0 Å². The summed E-state index contributed by atoms with van der Waals surface area (Å²) in [5.74, 6) is 2.34. The summed E-state index contributed by atoms with van der Waals surface area (Å²) >= 11 is 0. The normalized spacial score (nSPS) is 42.0. The zero-order chi connectivity index (χ0) is 4.69. The van der Waals surface area contributed by atoms with Gasteiger partial charge in [0.25, 0.3) is 0 Å². The average molecular weight is 109 g/mol. The standard InChI is InChI=1S/C7H12.CH/c1-2-7-4-3-6(1)5-7;/h6-7H,1-5H2;1H. The Kier molecular flexibility index (Phi) is 1.59. The number of hydrogen-bond donors (Lipinski definition) is 0. The molecule has 0 unspecified atom stereocenters. The largest absolute Gasteiger partial charge is 0.0502 e. The monoisotopic (exact) mass is 109 g/mol. The zero-order valence-electron chi connectivity index (χ0n) is 5.27. The Bertz CT molecular complexity index is 58.1. The molecule has 2 rings (SSSR count). The van der Waals surface area contributed by atoms with Crippen molar-refractivity contribution in [2.75, 3.05) is 0 Å². The highest BCUT2D eigenvalue weighted by Gasteiger charge is 2.30. The molecular weight excluding hydrogens is 96.1 g/mol. The Labute approximate surface area is 52.3 Å². The van der Waals surface area contributed by atoms with Gasteiger partial charge in [0.1, 0.15) is 0 Å². The van der Waals surface area contributed by atoms with E-state index in [1.165, 1.54) is 11.8 Å². The molecule has 2 bridgehead atoms. The van der Waals surface area contributed by atoms with Gasteiger partial charge in [0, 0.05) is 0 Å². The second-order valence-corrected chi connectivity index (χ2v) is 3.12. The van der Waals surface area contributed by atoms with Gasteiger partial charge in [0.2, 0.25) is 0 Å². The summed E-state index contributed by atoms with van der Waals surface area (Å²) in [6.07, 6.45) is 7.82. The first-order chi connectivity index (χ1) is 3.45. The van der Waals surface area contributed by atoms with Gasteiger partial charge in [0.15, 0.2) is 0 Å². The van der Waals surface area contributed by atoms with Crippen molar-refractivity contribution < 1.29 is 0 Å². The van der Waals surface area contributed by atoms with Crippen molar-refractivity contribution in [1.82, 2.24) is 0 Å². The lowest BCUT2D eigenvalue weighted by Gasteiger charge is -2.05. The summed E-state index contributed by atoms with van der Waals surface area (Å²) in [4.78, 5) is 0. The minimum atomic E-state index is 0. The smallest absolute Gasteiger partial charge is 0.0312 e. The van der Waals surface area contributed by atoms with Gasteiger partial charge in [0.05, 0.1) is 0 Å². The first-order valence-electron chi connectivity index (χ1n) is 3.45. The van der Waals surface area contributed by atoms with Gasteiger partial charge < -0.3 is 0 Å². The molecule has 0 atom stereocenters. The lowest BCUT2D eigenvalue weighted by atomic mass is 10.0. The van der Waals surface area contributed by atoms with Crippen LogP contribution < -0.4 is 0 Å². The minimum Gasteiger partial charge on any atom is -0.0502 e. The molecule has 0 heterocycles. The molecule has 8 heavy (non-hydrogen) atoms. The maximum Gasteiger partial charge on any atom is -0.0312 e. The molecule has 2 aliphatic rings. The molecule has 0 spiro atoms. The highest BCUT2D eigenvalue weighted by molar-refractivity contribution is 4.82. The summed E-state index contributed by atoms with van der Waals surface area (Å²) in [6, 6.07) is 0. The summed E-state index contributed by atoms with van der Waals surface area (Å²) in [7, 11) is 0. The van der Waals surface area contributed by atoms with E-state index < -0.39 is 0 Å². The maximum atomic E-state index is 1.58. The van der Waals surface area contributed by atoms with Crippen molar-refractivity contribution >= 4 is 0 Å². The van der Waals surface area contributed by atoms with Crippen LogP contribution in [0.4, 0.5) is 0 Å². The van der Waals surface area contributed by atoms with Crippen LogP contribution in [0.15, 0.2) is 0 Å². The molecule has 0 N–H and O–H groups in total. The van der Waals surface area contributed by atoms with Crippen LogP contribution in [-0.2, 0) is 0 Å². The fourth-order valence-electron chi connectivity index (χ4n) is 2.17. The van der Waals surface area contributed by atoms with Crippen molar-refractivity contribution in [2.45, 2.75) is 32.1 Å². The fraction of sp³-hybridized carbons (Fsp3) is 0.875. The number of fused-ring (bicyclic) bond motifs is 2. The average Bonchev–Trinajstić information content (AvgIpc) is 2.22. The Morgan fingerprint density at radius 2 is 1.12 bits per heavy atom. The molecule has 0 aliphatic heterocycles. The fourth-order valence-corrected chi connectivity index (χ4v) is 2.17. The molecule has 0 saturated heterocycles. The molecular formula is C8H13. The third kappa shape index (κ3) is 0.765. The molecule has 0 aromatic heterocycles. The predicted octanol–water partition coefficient (Wildman–Crippen LogP) is 2.40. The van der Waals surface area contributed by atoms with E-state index in [2.05, 4.69) is 0 Å². The zero-order valence-corrected chi connectivity index (χ0v) is 5.27. The Morgan fingerprint density at radius 1 is 0.750 bits per heavy atom. The lowest BCUT2D eigenvalue weighted by molar-refractivity contribution is 0.480. The first kappa shape index (κ1) is 6.12. The number of hydrogen-bond acceptors (Lipinski definition) is 0. The quantitative estimate of drug-likeness (QED) is 0.448. The highest BCUT2D eigenvalue weighted by Crippen LogP contribution is 2.43. The van der Waals surface area contributed by atoms with E-state index in [0.29, 0.717) is 0 Å². The molecule has 2 fully saturated rings. The van der Waals surface area contributed by atoms with Gasteiger partial charge >= 0.3 is 0 Å². The molecule has 45 valence electrons. The van der Waals surface area contributed by atoms with Crippen molar-refractivity contribution in [3.63, 3.8) is 0 Å². The second kappa shape index (κ2) is 2.08. The molecule has 2 saturated carbocycles. The van der Waals surface area contributed by atoms with Gasteiger partial charge in [-0.05, 0) is 25.7 Å². The van der Waals surface area contributed by atoms with E-state index >= 15 is 0 Å². The maximum absolute atomic E-state index is 1.58. The van der Waals surface area contributed by atoms with E-state index in [1.807, 2.05) is 0 Å². The van der Waals surface area contributed by atoms with Crippen LogP contribution in [0, 0.1) is 19.3 Å². The van der Waals surface area contributed by atoms with Crippen molar-refractivity contribution in [2.24, 2.45) is 11.8 Å². The van der Waals surface area contributed by atoms with Gasteiger partial charge in [-0.2, -0.15) is 0 Å². The van der Waals surface area contributed by atoms with Crippen molar-refractivity contribution in [3.8, 4) is 0 Å². The van der Waals surface area contributed by atoms with Crippen LogP contribution in [-0.4, -0.2) is 0 Å². The van der Waals surface area contributed by atoms with E-state index in [0.717, 1.165) is 0 Å². The van der Waals surface area contributed by atoms with Gasteiger partial charge in [-0.1, -0.05) is 25.7 Å². The predicted molar refractivity (Wildman–Crippen MR) is 34.4 cm³/mol. The Morgan fingerprint density at radius 3 is 1.25 bits per heavy atom. The van der Waals surface area contributed by atoms with E-state index in [4.69, 9.17) is 0 Å². The van der Waals surface area contributed by atoms with E-state index in [9.17, 15) is 0 Å². The van der Waals surface area contributed by atoms with E-state index in [1.54, 1.807) is 32.1 Å². The summed E-state index contributed by atoms with van der Waals surface area (Å²) in [5, 5.41) is 0. The van der Waals surface area contributed by atoms with E-state index in [-0.39, 0.29) is 7.43 Å². The molecule has 0 amide bonds. The molecule has 0 aromatic rings. The third-order valence-corrected chi connectivity index (χ3v) is 2.63. The first-order valence-corrected chi connectivity index (χ1v) is 3.45. The molecule has 0 aromatic carbocycles.